The molecule has 1 aromatic carbocycles. The van der Waals surface area contributed by atoms with Crippen LogP contribution in [0.1, 0.15) is 13.3 Å². The Kier molecular flexibility index (Phi) is 5.43. The number of rotatable bonds is 7. The maximum atomic E-state index is 10.5. The lowest BCUT2D eigenvalue weighted by Gasteiger charge is -2.23. The Balaban J connectivity index is 2.65. The average molecular weight is 272 g/mol. The zero-order valence-electron chi connectivity index (χ0n) is 10.6. The highest BCUT2D eigenvalue weighted by atomic mass is 32.2. The van der Waals surface area contributed by atoms with Crippen molar-refractivity contribution >= 4 is 15.8 Å². The van der Waals surface area contributed by atoms with Crippen molar-refractivity contribution in [2.75, 3.05) is 30.9 Å². The van der Waals surface area contributed by atoms with Gasteiger partial charge in [0.25, 0.3) is 0 Å². The Bertz CT molecular complexity index is 473. The van der Waals surface area contributed by atoms with E-state index in [-0.39, 0.29) is 5.75 Å². The van der Waals surface area contributed by atoms with Gasteiger partial charge in [-0.3, -0.25) is 0 Å². The molecule has 0 heterocycles. The van der Waals surface area contributed by atoms with Gasteiger partial charge in [-0.05, 0) is 25.5 Å². The molecule has 0 amide bonds. The minimum absolute atomic E-state index is 0.326. The van der Waals surface area contributed by atoms with E-state index in [9.17, 15) is 13.0 Å². The first kappa shape index (κ1) is 14.8. The molecular formula is C12H18NO4S-. The highest BCUT2D eigenvalue weighted by molar-refractivity contribution is 7.85. The van der Waals surface area contributed by atoms with E-state index < -0.39 is 10.1 Å². The Morgan fingerprint density at radius 2 is 2.11 bits per heavy atom. The van der Waals surface area contributed by atoms with Gasteiger partial charge in [-0.2, -0.15) is 0 Å². The SMILES string of the molecule is CCN(CCCS(=O)(=O)[O-])c1cccc(OC)c1. The number of benzene rings is 1. The van der Waals surface area contributed by atoms with Crippen molar-refractivity contribution in [3.05, 3.63) is 24.3 Å². The molecule has 0 unspecified atom stereocenters. The minimum Gasteiger partial charge on any atom is -0.748 e. The number of ether oxygens (including phenoxy) is 1. The van der Waals surface area contributed by atoms with Gasteiger partial charge in [-0.15, -0.1) is 0 Å². The molecule has 0 spiro atoms. The quantitative estimate of drug-likeness (QED) is 0.703. The van der Waals surface area contributed by atoms with Crippen molar-refractivity contribution in [2.24, 2.45) is 0 Å². The highest BCUT2D eigenvalue weighted by Gasteiger charge is 2.06. The highest BCUT2D eigenvalue weighted by Crippen LogP contribution is 2.20. The van der Waals surface area contributed by atoms with Crippen LogP contribution in [0.15, 0.2) is 24.3 Å². The molecule has 6 heteroatoms. The third-order valence-electron chi connectivity index (χ3n) is 2.62. The van der Waals surface area contributed by atoms with Gasteiger partial charge in [-0.1, -0.05) is 6.07 Å². The lowest BCUT2D eigenvalue weighted by Crippen LogP contribution is -2.25. The molecule has 0 aromatic heterocycles. The van der Waals surface area contributed by atoms with Crippen LogP contribution < -0.4 is 9.64 Å². The summed E-state index contributed by atoms with van der Waals surface area (Å²) < 4.78 is 36.8. The summed E-state index contributed by atoms with van der Waals surface area (Å²) in [6.45, 7) is 3.25. The van der Waals surface area contributed by atoms with Gasteiger partial charge in [0.05, 0.1) is 17.2 Å². The lowest BCUT2D eigenvalue weighted by atomic mass is 10.2. The van der Waals surface area contributed by atoms with Crippen LogP contribution in [0.25, 0.3) is 0 Å². The van der Waals surface area contributed by atoms with E-state index in [2.05, 4.69) is 0 Å². The van der Waals surface area contributed by atoms with Crippen LogP contribution in [0.4, 0.5) is 5.69 Å². The van der Waals surface area contributed by atoms with Crippen LogP contribution in [-0.2, 0) is 10.1 Å². The molecule has 1 aromatic rings. The minimum atomic E-state index is -4.12. The number of methoxy groups -OCH3 is 1. The van der Waals surface area contributed by atoms with Crippen LogP contribution >= 0.6 is 0 Å². The monoisotopic (exact) mass is 272 g/mol. The lowest BCUT2D eigenvalue weighted by molar-refractivity contribution is 0.414. The molecule has 0 atom stereocenters. The summed E-state index contributed by atoms with van der Waals surface area (Å²) in [6.07, 6.45) is 0.330. The van der Waals surface area contributed by atoms with E-state index in [1.165, 1.54) is 0 Å². The molecule has 0 radical (unpaired) electrons. The second-order valence-electron chi connectivity index (χ2n) is 3.90. The Labute approximate surface area is 108 Å². The van der Waals surface area contributed by atoms with E-state index >= 15 is 0 Å². The van der Waals surface area contributed by atoms with E-state index in [1.54, 1.807) is 7.11 Å². The number of hydrogen-bond donors (Lipinski definition) is 0. The second-order valence-corrected chi connectivity index (χ2v) is 5.42. The summed E-state index contributed by atoms with van der Waals surface area (Å²) in [6, 6.07) is 7.54. The number of nitrogens with zero attached hydrogens (tertiary/aromatic N) is 1. The zero-order chi connectivity index (χ0) is 13.6. The van der Waals surface area contributed by atoms with E-state index in [4.69, 9.17) is 4.74 Å². The van der Waals surface area contributed by atoms with Gasteiger partial charge >= 0.3 is 0 Å². The smallest absolute Gasteiger partial charge is 0.120 e. The third kappa shape index (κ3) is 4.93. The first-order chi connectivity index (χ1) is 8.46. The molecule has 102 valence electrons. The third-order valence-corrected chi connectivity index (χ3v) is 3.41. The Hall–Kier alpha value is -1.27. The first-order valence-corrected chi connectivity index (χ1v) is 7.36. The molecule has 1 rings (SSSR count). The molecule has 0 aliphatic carbocycles. The van der Waals surface area contributed by atoms with Crippen LogP contribution in [0, 0.1) is 0 Å². The van der Waals surface area contributed by atoms with Gasteiger partial charge < -0.3 is 14.2 Å². The number of anilines is 1. The first-order valence-electron chi connectivity index (χ1n) is 5.79. The van der Waals surface area contributed by atoms with Crippen LogP contribution in [0.2, 0.25) is 0 Å². The van der Waals surface area contributed by atoms with Crippen molar-refractivity contribution in [1.29, 1.82) is 0 Å². The Morgan fingerprint density at radius 3 is 2.67 bits per heavy atom. The zero-order valence-corrected chi connectivity index (χ0v) is 11.4. The van der Waals surface area contributed by atoms with E-state index in [0.717, 1.165) is 18.0 Å². The molecule has 0 fully saturated rings. The molecule has 0 saturated carbocycles. The van der Waals surface area contributed by atoms with Crippen molar-refractivity contribution in [3.8, 4) is 5.75 Å². The van der Waals surface area contributed by atoms with Crippen LogP contribution in [0.3, 0.4) is 0 Å². The summed E-state index contributed by atoms with van der Waals surface area (Å²) in [4.78, 5) is 2.01. The second kappa shape index (κ2) is 6.61. The van der Waals surface area contributed by atoms with Gasteiger partial charge in [0.15, 0.2) is 0 Å². The predicted octanol–water partition coefficient (Wildman–Crippen LogP) is 1.46. The van der Waals surface area contributed by atoms with Crippen molar-refractivity contribution < 1.29 is 17.7 Å². The standard InChI is InChI=1S/C12H19NO4S/c1-3-13(8-5-9-18(14,15)16)11-6-4-7-12(10-11)17-2/h4,6-7,10H,3,5,8-9H2,1-2H3,(H,14,15,16)/p-1. The fourth-order valence-electron chi connectivity index (χ4n) is 1.71. The Morgan fingerprint density at radius 1 is 1.39 bits per heavy atom. The van der Waals surface area contributed by atoms with Gasteiger partial charge in [0.1, 0.15) is 5.75 Å². The summed E-state index contributed by atoms with van der Waals surface area (Å²) in [7, 11) is -2.53. The normalized spacial score (nSPS) is 11.3. The number of hydrogen-bond acceptors (Lipinski definition) is 5. The molecular weight excluding hydrogens is 254 g/mol. The van der Waals surface area contributed by atoms with Crippen molar-refractivity contribution in [1.82, 2.24) is 0 Å². The summed E-state index contributed by atoms with van der Waals surface area (Å²) in [5.41, 5.74) is 0.958. The summed E-state index contributed by atoms with van der Waals surface area (Å²) in [5.74, 6) is 0.426. The van der Waals surface area contributed by atoms with E-state index in [1.807, 2.05) is 36.1 Å². The molecule has 0 bridgehead atoms. The van der Waals surface area contributed by atoms with Crippen LogP contribution in [0.5, 0.6) is 5.75 Å². The van der Waals surface area contributed by atoms with Crippen molar-refractivity contribution in [3.63, 3.8) is 0 Å². The molecule has 0 N–H and O–H groups in total. The predicted molar refractivity (Wildman–Crippen MR) is 70.1 cm³/mol. The van der Waals surface area contributed by atoms with Gasteiger partial charge in [0.2, 0.25) is 0 Å². The van der Waals surface area contributed by atoms with Gasteiger partial charge in [0, 0.05) is 30.6 Å². The maximum Gasteiger partial charge on any atom is 0.120 e. The largest absolute Gasteiger partial charge is 0.748 e. The van der Waals surface area contributed by atoms with E-state index in [0.29, 0.717) is 13.0 Å². The summed E-state index contributed by atoms with van der Waals surface area (Å²) in [5, 5.41) is 0. The topological polar surface area (TPSA) is 69.7 Å². The van der Waals surface area contributed by atoms with Crippen LogP contribution in [-0.4, -0.2) is 38.9 Å². The fraction of sp³-hybridized carbons (Fsp3) is 0.500. The van der Waals surface area contributed by atoms with Crippen molar-refractivity contribution in [2.45, 2.75) is 13.3 Å². The van der Waals surface area contributed by atoms with Gasteiger partial charge in [-0.25, -0.2) is 8.42 Å². The summed E-state index contributed by atoms with van der Waals surface area (Å²) >= 11 is 0. The molecule has 0 aliphatic rings. The average Bonchev–Trinajstić information content (AvgIpc) is 2.33. The maximum absolute atomic E-state index is 10.5. The molecule has 5 nitrogen and oxygen atoms in total. The fourth-order valence-corrected chi connectivity index (χ4v) is 2.19. The molecule has 18 heavy (non-hydrogen) atoms. The molecule has 0 aliphatic heterocycles. The molecule has 0 saturated heterocycles.